The fourth-order valence-electron chi connectivity index (χ4n) is 9.29. The molecule has 0 bridgehead atoms. The molecule has 7 nitrogen and oxygen atoms in total. The van der Waals surface area contributed by atoms with Crippen molar-refractivity contribution in [2.24, 2.45) is 0 Å². The van der Waals surface area contributed by atoms with Crippen LogP contribution in [0, 0.1) is 11.3 Å². The smallest absolute Gasteiger partial charge is 0.134 e. The van der Waals surface area contributed by atoms with Crippen LogP contribution >= 0.6 is 0 Å². The Balaban J connectivity index is 1.15. The molecule has 0 N–H and O–H groups in total. The highest BCUT2D eigenvalue weighted by Gasteiger charge is 2.52. The van der Waals surface area contributed by atoms with Gasteiger partial charge >= 0.3 is 0 Å². The van der Waals surface area contributed by atoms with Gasteiger partial charge in [-0.1, -0.05) is 60.7 Å². The third-order valence-corrected chi connectivity index (χ3v) is 11.4. The number of ether oxygens (including phenoxy) is 1. The molecule has 1 aliphatic carbocycles. The van der Waals surface area contributed by atoms with Gasteiger partial charge in [-0.25, -0.2) is 0 Å². The van der Waals surface area contributed by atoms with Crippen LogP contribution in [0.5, 0.6) is 11.5 Å². The number of nitrogens with zero attached hydrogens (tertiary/aromatic N) is 6. The Labute approximate surface area is 308 Å². The topological polar surface area (TPSA) is 81.5 Å². The Kier molecular flexibility index (Phi) is 5.65. The van der Waals surface area contributed by atoms with E-state index in [0.29, 0.717) is 5.56 Å². The summed E-state index contributed by atoms with van der Waals surface area (Å²) in [5.41, 5.74) is 12.0. The number of rotatable bonds is 2. The lowest BCUT2D eigenvalue weighted by Gasteiger charge is -2.39. The number of nitriles is 1. The second kappa shape index (κ2) is 10.5. The van der Waals surface area contributed by atoms with Crippen LogP contribution in [0.4, 0.5) is 0 Å². The molecule has 1 aliphatic heterocycles. The summed E-state index contributed by atoms with van der Waals surface area (Å²) in [4.78, 5) is 14.4. The van der Waals surface area contributed by atoms with Gasteiger partial charge in [-0.3, -0.25) is 15.0 Å². The van der Waals surface area contributed by atoms with E-state index < -0.39 is 5.41 Å². The Morgan fingerprint density at radius 3 is 1.72 bits per heavy atom. The van der Waals surface area contributed by atoms with E-state index in [0.717, 1.165) is 94.7 Å². The molecule has 7 heteroatoms. The molecule has 0 radical (unpaired) electrons. The summed E-state index contributed by atoms with van der Waals surface area (Å²) in [5, 5.41) is 14.2. The van der Waals surface area contributed by atoms with E-state index in [4.69, 9.17) is 14.7 Å². The summed E-state index contributed by atoms with van der Waals surface area (Å²) in [6.45, 7) is 0. The molecule has 0 unspecified atom stereocenters. The summed E-state index contributed by atoms with van der Waals surface area (Å²) >= 11 is 0. The van der Waals surface area contributed by atoms with E-state index in [-0.39, 0.29) is 0 Å². The monoisotopic (exact) mass is 690 g/mol. The van der Waals surface area contributed by atoms with Crippen LogP contribution in [0.15, 0.2) is 158 Å². The molecule has 54 heavy (non-hydrogen) atoms. The third-order valence-electron chi connectivity index (χ3n) is 11.4. The molecule has 250 valence electrons. The standard InChI is InChI=1S/C47H26N6O/c48-26-28-13-18-41-34(23-28)32-8-2-4-12-40(32)52(41)29-14-16-35-43(24-29)54-44-25-30(53-39-11-3-1-7-31(39)33-19-22-49-27-42(33)53)15-17-36(44)47(35)37-9-5-20-50-45(37)46-38(47)10-6-21-51-46/h1-25,27H. The average Bonchev–Trinajstić information content (AvgIpc) is 3.85. The molecule has 0 atom stereocenters. The maximum absolute atomic E-state index is 9.74. The van der Waals surface area contributed by atoms with Crippen LogP contribution in [0.1, 0.15) is 27.8 Å². The van der Waals surface area contributed by atoms with E-state index in [1.807, 2.05) is 61.2 Å². The number of hydrogen-bond acceptors (Lipinski definition) is 5. The van der Waals surface area contributed by atoms with Gasteiger partial charge in [-0.2, -0.15) is 5.26 Å². The lowest BCUT2D eigenvalue weighted by Crippen LogP contribution is -2.32. The summed E-state index contributed by atoms with van der Waals surface area (Å²) in [6, 6.07) is 48.7. The zero-order valence-electron chi connectivity index (χ0n) is 28.6. The van der Waals surface area contributed by atoms with Crippen LogP contribution in [0.2, 0.25) is 0 Å². The minimum absolute atomic E-state index is 0.633. The van der Waals surface area contributed by atoms with Crippen molar-refractivity contribution >= 4 is 43.6 Å². The Morgan fingerprint density at radius 2 is 1.07 bits per heavy atom. The second-order valence-electron chi connectivity index (χ2n) is 14.0. The van der Waals surface area contributed by atoms with Crippen molar-refractivity contribution in [3.63, 3.8) is 0 Å². The van der Waals surface area contributed by atoms with E-state index in [1.165, 1.54) is 5.39 Å². The van der Waals surface area contributed by atoms with Gasteiger partial charge < -0.3 is 13.9 Å². The number of benzene rings is 5. The maximum Gasteiger partial charge on any atom is 0.134 e. The van der Waals surface area contributed by atoms with E-state index >= 15 is 0 Å². The van der Waals surface area contributed by atoms with Crippen molar-refractivity contribution in [1.82, 2.24) is 24.1 Å². The van der Waals surface area contributed by atoms with Crippen molar-refractivity contribution in [3.05, 3.63) is 186 Å². The van der Waals surface area contributed by atoms with E-state index in [2.05, 4.69) is 117 Å². The molecule has 0 saturated heterocycles. The van der Waals surface area contributed by atoms with Gasteiger partial charge in [0.25, 0.3) is 0 Å². The molecule has 5 aromatic heterocycles. The third kappa shape index (κ3) is 3.61. The molecule has 0 amide bonds. The van der Waals surface area contributed by atoms with Crippen molar-refractivity contribution in [1.29, 1.82) is 5.26 Å². The second-order valence-corrected chi connectivity index (χ2v) is 14.0. The number of hydrogen-bond donors (Lipinski definition) is 0. The van der Waals surface area contributed by atoms with Gasteiger partial charge in [0.1, 0.15) is 11.5 Å². The van der Waals surface area contributed by atoms with E-state index in [1.54, 1.807) is 0 Å². The average molecular weight is 691 g/mol. The van der Waals surface area contributed by atoms with Gasteiger partial charge in [0.2, 0.25) is 0 Å². The maximum atomic E-state index is 9.74. The molecule has 1 spiro atoms. The zero-order valence-corrected chi connectivity index (χ0v) is 28.6. The predicted octanol–water partition coefficient (Wildman–Crippen LogP) is 10.4. The summed E-state index contributed by atoms with van der Waals surface area (Å²) in [6.07, 6.45) is 7.48. The molecule has 6 heterocycles. The van der Waals surface area contributed by atoms with Crippen molar-refractivity contribution in [2.45, 2.75) is 5.41 Å². The van der Waals surface area contributed by atoms with Crippen LogP contribution in [-0.2, 0) is 5.41 Å². The number of aromatic nitrogens is 5. The molecule has 12 rings (SSSR count). The Bertz CT molecular complexity index is 3190. The lowest BCUT2D eigenvalue weighted by atomic mass is 9.66. The van der Waals surface area contributed by atoms with E-state index in [9.17, 15) is 5.26 Å². The Morgan fingerprint density at radius 1 is 0.500 bits per heavy atom. The SMILES string of the molecule is N#Cc1ccc2c(c1)c1ccccc1n2-c1ccc2c(c1)Oc1cc(-n3c4ccccc4c4ccncc43)ccc1C21c2cccnc2-c2ncccc21. The normalized spacial score (nSPS) is 13.5. The largest absolute Gasteiger partial charge is 0.457 e. The first-order valence-electron chi connectivity index (χ1n) is 17.9. The molecule has 0 saturated carbocycles. The summed E-state index contributed by atoms with van der Waals surface area (Å²) in [7, 11) is 0. The zero-order chi connectivity index (χ0) is 35.5. The highest BCUT2D eigenvalue weighted by molar-refractivity contribution is 6.10. The van der Waals surface area contributed by atoms with Crippen molar-refractivity contribution < 1.29 is 4.74 Å². The van der Waals surface area contributed by atoms with Gasteiger partial charge in [0.15, 0.2) is 0 Å². The summed E-state index contributed by atoms with van der Waals surface area (Å²) < 4.78 is 11.7. The number of fused-ring (bicyclic) bond motifs is 15. The van der Waals surface area contributed by atoms with Crippen molar-refractivity contribution in [2.75, 3.05) is 0 Å². The molecular weight excluding hydrogens is 665 g/mol. The lowest BCUT2D eigenvalue weighted by molar-refractivity contribution is 0.436. The fourth-order valence-corrected chi connectivity index (χ4v) is 9.29. The predicted molar refractivity (Wildman–Crippen MR) is 211 cm³/mol. The van der Waals surface area contributed by atoms with Crippen molar-refractivity contribution in [3.8, 4) is 40.3 Å². The quantitative estimate of drug-likeness (QED) is 0.180. The van der Waals surface area contributed by atoms with Gasteiger partial charge in [-0.15, -0.1) is 0 Å². The molecule has 5 aromatic carbocycles. The number of para-hydroxylation sites is 2. The summed E-state index contributed by atoms with van der Waals surface area (Å²) in [5.74, 6) is 1.52. The molecule has 0 fully saturated rings. The van der Waals surface area contributed by atoms with Crippen LogP contribution in [0.25, 0.3) is 66.4 Å². The minimum Gasteiger partial charge on any atom is -0.457 e. The molecular formula is C47H26N6O. The van der Waals surface area contributed by atoms with Crippen LogP contribution in [0.3, 0.4) is 0 Å². The molecule has 2 aliphatic rings. The first-order valence-corrected chi connectivity index (χ1v) is 17.9. The van der Waals surface area contributed by atoms with Gasteiger partial charge in [-0.05, 0) is 71.8 Å². The van der Waals surface area contributed by atoms with Gasteiger partial charge in [0, 0.05) is 74.8 Å². The minimum atomic E-state index is -0.724. The highest BCUT2D eigenvalue weighted by atomic mass is 16.5. The first-order chi connectivity index (χ1) is 26.7. The fraction of sp³-hybridized carbons (Fsp3) is 0.0213. The highest BCUT2D eigenvalue weighted by Crippen LogP contribution is 2.61. The Hall–Kier alpha value is -7.56. The van der Waals surface area contributed by atoms with Crippen LogP contribution < -0.4 is 4.74 Å². The number of pyridine rings is 3. The van der Waals surface area contributed by atoms with Gasteiger partial charge in [0.05, 0.1) is 56.7 Å². The van der Waals surface area contributed by atoms with Crippen LogP contribution in [-0.4, -0.2) is 24.1 Å². The first kappa shape index (κ1) is 29.1. The molecule has 10 aromatic rings.